The number of carbonyl (C=O) groups excluding carboxylic acids is 1. The number of benzene rings is 2. The number of nitrogens with one attached hydrogen (secondary N) is 1. The molecule has 0 radical (unpaired) electrons. The third kappa shape index (κ3) is 6.50. The van der Waals surface area contributed by atoms with Crippen molar-refractivity contribution in [3.63, 3.8) is 0 Å². The molecule has 0 aliphatic rings. The van der Waals surface area contributed by atoms with Gasteiger partial charge in [-0.1, -0.05) is 36.4 Å². The van der Waals surface area contributed by atoms with Crippen molar-refractivity contribution in [3.05, 3.63) is 65.7 Å². The molecule has 2 aromatic rings. The Hall–Kier alpha value is -2.38. The maximum absolute atomic E-state index is 12.7. The van der Waals surface area contributed by atoms with Gasteiger partial charge in [0.2, 0.25) is 5.91 Å². The van der Waals surface area contributed by atoms with Gasteiger partial charge in [-0.3, -0.25) is 9.69 Å². The number of rotatable bonds is 8. The van der Waals surface area contributed by atoms with Gasteiger partial charge < -0.3 is 10.4 Å². The predicted molar refractivity (Wildman–Crippen MR) is 93.7 cm³/mol. The Kier molecular flexibility index (Phi) is 7.17. The predicted octanol–water partition coefficient (Wildman–Crippen LogP) is 3.18. The van der Waals surface area contributed by atoms with Gasteiger partial charge in [0.25, 0.3) is 0 Å². The number of halogens is 3. The van der Waals surface area contributed by atoms with E-state index in [1.807, 2.05) is 30.3 Å². The topological polar surface area (TPSA) is 52.6 Å². The van der Waals surface area contributed by atoms with Gasteiger partial charge >= 0.3 is 6.18 Å². The zero-order valence-corrected chi connectivity index (χ0v) is 14.2. The fourth-order valence-electron chi connectivity index (χ4n) is 2.52. The van der Waals surface area contributed by atoms with Crippen molar-refractivity contribution < 1.29 is 23.1 Å². The van der Waals surface area contributed by atoms with Crippen molar-refractivity contribution in [2.24, 2.45) is 0 Å². The maximum atomic E-state index is 12.7. The van der Waals surface area contributed by atoms with Gasteiger partial charge in [-0.15, -0.1) is 0 Å². The van der Waals surface area contributed by atoms with Crippen LogP contribution in [-0.2, 0) is 17.4 Å². The van der Waals surface area contributed by atoms with E-state index >= 15 is 0 Å². The van der Waals surface area contributed by atoms with Crippen molar-refractivity contribution in [2.75, 3.05) is 31.6 Å². The van der Waals surface area contributed by atoms with E-state index in [1.54, 1.807) is 4.90 Å². The van der Waals surface area contributed by atoms with Crippen LogP contribution in [0.15, 0.2) is 54.6 Å². The Morgan fingerprint density at radius 1 is 1.04 bits per heavy atom. The number of aliphatic hydroxyl groups excluding tert-OH is 1. The molecule has 7 heteroatoms. The molecule has 0 heterocycles. The Balaban J connectivity index is 1.93. The molecule has 0 saturated heterocycles. The third-order valence-corrected chi connectivity index (χ3v) is 3.82. The Bertz CT molecular complexity index is 705. The van der Waals surface area contributed by atoms with Crippen LogP contribution in [0, 0.1) is 0 Å². The summed E-state index contributed by atoms with van der Waals surface area (Å²) in [6.07, 6.45) is -3.75. The fourth-order valence-corrected chi connectivity index (χ4v) is 2.52. The number of alkyl halides is 3. The van der Waals surface area contributed by atoms with Gasteiger partial charge in [0, 0.05) is 18.8 Å². The molecule has 0 saturated carbocycles. The molecule has 4 nitrogen and oxygen atoms in total. The molecule has 0 bridgehead atoms. The smallest absolute Gasteiger partial charge is 0.395 e. The summed E-state index contributed by atoms with van der Waals surface area (Å²) in [7, 11) is 0. The zero-order chi connectivity index (χ0) is 19.0. The summed E-state index contributed by atoms with van der Waals surface area (Å²) in [5.74, 6) is -0.425. The summed E-state index contributed by atoms with van der Waals surface area (Å²) < 4.78 is 38.2. The molecule has 1 amide bonds. The maximum Gasteiger partial charge on any atom is 0.416 e. The summed E-state index contributed by atoms with van der Waals surface area (Å²) in [6, 6.07) is 14.2. The Morgan fingerprint density at radius 2 is 1.77 bits per heavy atom. The van der Waals surface area contributed by atoms with Gasteiger partial charge in [0.15, 0.2) is 0 Å². The summed E-state index contributed by atoms with van der Waals surface area (Å²) in [4.78, 5) is 13.9. The second-order valence-electron chi connectivity index (χ2n) is 5.86. The normalized spacial score (nSPS) is 11.6. The highest BCUT2D eigenvalue weighted by Gasteiger charge is 2.30. The lowest BCUT2D eigenvalue weighted by atomic mass is 10.1. The molecule has 0 aliphatic carbocycles. The molecular formula is C19H21F3N2O2. The number of aliphatic hydroxyl groups is 1. The molecule has 0 spiro atoms. The lowest BCUT2D eigenvalue weighted by Crippen LogP contribution is -2.36. The third-order valence-electron chi connectivity index (χ3n) is 3.82. The number of amides is 1. The average molecular weight is 366 g/mol. The number of hydrogen-bond donors (Lipinski definition) is 2. The largest absolute Gasteiger partial charge is 0.416 e. The fraction of sp³-hybridized carbons (Fsp3) is 0.316. The number of nitrogens with zero attached hydrogens (tertiary/aromatic N) is 1. The van der Waals surface area contributed by atoms with Crippen LogP contribution in [0.5, 0.6) is 0 Å². The highest BCUT2D eigenvalue weighted by Crippen LogP contribution is 2.30. The first-order chi connectivity index (χ1) is 12.4. The molecule has 0 atom stereocenters. The van der Waals surface area contributed by atoms with E-state index in [4.69, 9.17) is 5.11 Å². The van der Waals surface area contributed by atoms with E-state index in [1.165, 1.54) is 12.1 Å². The van der Waals surface area contributed by atoms with Crippen LogP contribution in [0.25, 0.3) is 0 Å². The van der Waals surface area contributed by atoms with Gasteiger partial charge in [0.05, 0.1) is 18.7 Å². The van der Waals surface area contributed by atoms with Crippen LogP contribution in [0.4, 0.5) is 18.9 Å². The summed E-state index contributed by atoms with van der Waals surface area (Å²) >= 11 is 0. The first-order valence-electron chi connectivity index (χ1n) is 8.23. The van der Waals surface area contributed by atoms with E-state index < -0.39 is 17.6 Å². The minimum atomic E-state index is -4.46. The molecular weight excluding hydrogens is 345 g/mol. The first-order valence-corrected chi connectivity index (χ1v) is 8.23. The van der Waals surface area contributed by atoms with Crippen LogP contribution in [0.2, 0.25) is 0 Å². The van der Waals surface area contributed by atoms with Gasteiger partial charge in [-0.05, 0) is 30.2 Å². The number of hydrogen-bond acceptors (Lipinski definition) is 3. The number of carbonyl (C=O) groups is 1. The second-order valence-corrected chi connectivity index (χ2v) is 5.86. The highest BCUT2D eigenvalue weighted by molar-refractivity contribution is 5.92. The Morgan fingerprint density at radius 3 is 2.42 bits per heavy atom. The van der Waals surface area contributed by atoms with Crippen molar-refractivity contribution >= 4 is 11.6 Å². The Labute approximate surface area is 150 Å². The standard InChI is InChI=1S/C19H21F3N2O2/c20-19(21,22)16-7-4-8-17(13-16)23-18(26)14-24(11-12-25)10-9-15-5-2-1-3-6-15/h1-8,13,25H,9-12,14H2,(H,23,26). The van der Waals surface area contributed by atoms with Crippen molar-refractivity contribution in [3.8, 4) is 0 Å². The summed E-state index contributed by atoms with van der Waals surface area (Å²) in [5, 5.41) is 11.6. The monoisotopic (exact) mass is 366 g/mol. The molecule has 2 rings (SSSR count). The quantitative estimate of drug-likeness (QED) is 0.755. The van der Waals surface area contributed by atoms with E-state index in [0.29, 0.717) is 19.5 Å². The van der Waals surface area contributed by atoms with Gasteiger partial charge in [-0.25, -0.2) is 0 Å². The van der Waals surface area contributed by atoms with Crippen LogP contribution >= 0.6 is 0 Å². The van der Waals surface area contributed by atoms with E-state index in [2.05, 4.69) is 5.32 Å². The van der Waals surface area contributed by atoms with E-state index in [9.17, 15) is 18.0 Å². The molecule has 2 N–H and O–H groups in total. The molecule has 0 unspecified atom stereocenters. The second kappa shape index (κ2) is 9.35. The van der Waals surface area contributed by atoms with Gasteiger partial charge in [-0.2, -0.15) is 13.2 Å². The van der Waals surface area contributed by atoms with Crippen LogP contribution in [0.1, 0.15) is 11.1 Å². The van der Waals surface area contributed by atoms with E-state index in [0.717, 1.165) is 17.7 Å². The average Bonchev–Trinajstić information content (AvgIpc) is 2.60. The molecule has 0 fully saturated rings. The lowest BCUT2D eigenvalue weighted by molar-refractivity contribution is -0.137. The molecule has 2 aromatic carbocycles. The van der Waals surface area contributed by atoms with Crippen LogP contribution in [-0.4, -0.2) is 42.2 Å². The molecule has 140 valence electrons. The highest BCUT2D eigenvalue weighted by atomic mass is 19.4. The number of anilines is 1. The minimum Gasteiger partial charge on any atom is -0.395 e. The molecule has 26 heavy (non-hydrogen) atoms. The van der Waals surface area contributed by atoms with Crippen molar-refractivity contribution in [1.82, 2.24) is 4.90 Å². The van der Waals surface area contributed by atoms with E-state index in [-0.39, 0.29) is 18.8 Å². The van der Waals surface area contributed by atoms with Crippen molar-refractivity contribution in [2.45, 2.75) is 12.6 Å². The van der Waals surface area contributed by atoms with Gasteiger partial charge in [0.1, 0.15) is 0 Å². The van der Waals surface area contributed by atoms with Crippen LogP contribution < -0.4 is 5.32 Å². The first kappa shape index (κ1) is 19.9. The lowest BCUT2D eigenvalue weighted by Gasteiger charge is -2.21. The van der Waals surface area contributed by atoms with Crippen LogP contribution in [0.3, 0.4) is 0 Å². The summed E-state index contributed by atoms with van der Waals surface area (Å²) in [5.41, 5.74) is 0.386. The minimum absolute atomic E-state index is 0.0103. The zero-order valence-electron chi connectivity index (χ0n) is 14.2. The summed E-state index contributed by atoms with van der Waals surface area (Å²) in [6.45, 7) is 0.749. The molecule has 0 aliphatic heterocycles. The molecule has 0 aromatic heterocycles. The SMILES string of the molecule is O=C(CN(CCO)CCc1ccccc1)Nc1cccc(C(F)(F)F)c1. The van der Waals surface area contributed by atoms with Crippen molar-refractivity contribution in [1.29, 1.82) is 0 Å².